The van der Waals surface area contributed by atoms with E-state index >= 15 is 0 Å². The Morgan fingerprint density at radius 3 is 2.96 bits per heavy atom. The van der Waals surface area contributed by atoms with Gasteiger partial charge in [-0.05, 0) is 29.3 Å². The number of nitrogens with zero attached hydrogens (tertiary/aromatic N) is 2. The van der Waals surface area contributed by atoms with Crippen molar-refractivity contribution in [1.82, 2.24) is 15.0 Å². The highest BCUT2D eigenvalue weighted by atomic mass is 19.1. The number of hydrogen-bond acceptors (Lipinski definition) is 4. The van der Waals surface area contributed by atoms with Crippen molar-refractivity contribution < 1.29 is 13.9 Å². The summed E-state index contributed by atoms with van der Waals surface area (Å²) < 4.78 is 19.0. The average Bonchev–Trinajstić information content (AvgIpc) is 3.08. The molecule has 0 spiro atoms. The number of aromatic nitrogens is 3. The van der Waals surface area contributed by atoms with Gasteiger partial charge in [-0.15, -0.1) is 0 Å². The Balaban J connectivity index is 1.93. The van der Waals surface area contributed by atoms with Crippen LogP contribution in [-0.4, -0.2) is 21.4 Å². The topological polar surface area (TPSA) is 67.9 Å². The SMILES string of the molecule is O=COC(Cc1cnc[nH]1)c1cccc(-c2cccnc2F)c1. The Hall–Kier alpha value is -3.02. The van der Waals surface area contributed by atoms with Gasteiger partial charge in [-0.2, -0.15) is 4.39 Å². The maximum atomic E-state index is 13.8. The Kier molecular flexibility index (Phi) is 4.42. The average molecular weight is 311 g/mol. The third-order valence-electron chi connectivity index (χ3n) is 3.51. The molecule has 6 heteroatoms. The van der Waals surface area contributed by atoms with Crippen molar-refractivity contribution in [3.63, 3.8) is 0 Å². The molecule has 1 aromatic carbocycles. The molecule has 116 valence electrons. The molecule has 23 heavy (non-hydrogen) atoms. The standard InChI is InChI=1S/C17H14FN3O2/c18-17-15(5-2-6-20-17)12-3-1-4-13(7-12)16(23-11-22)8-14-9-19-10-21-14/h1-7,9-11,16H,8H2,(H,19,21). The summed E-state index contributed by atoms with van der Waals surface area (Å²) in [7, 11) is 0. The van der Waals surface area contributed by atoms with Crippen LogP contribution in [0.15, 0.2) is 55.1 Å². The first kappa shape index (κ1) is 14.9. The minimum Gasteiger partial charge on any atom is -0.459 e. The molecule has 2 aromatic heterocycles. The summed E-state index contributed by atoms with van der Waals surface area (Å²) in [6.07, 6.45) is 4.62. The fraction of sp³-hybridized carbons (Fsp3) is 0.118. The molecule has 0 radical (unpaired) electrons. The van der Waals surface area contributed by atoms with E-state index in [0.717, 1.165) is 11.3 Å². The van der Waals surface area contributed by atoms with Gasteiger partial charge in [-0.1, -0.05) is 18.2 Å². The number of nitrogens with one attached hydrogen (secondary N) is 1. The fourth-order valence-corrected chi connectivity index (χ4v) is 2.42. The first-order valence-electron chi connectivity index (χ1n) is 7.05. The first-order chi connectivity index (χ1) is 11.3. The van der Waals surface area contributed by atoms with Crippen molar-refractivity contribution in [1.29, 1.82) is 0 Å². The summed E-state index contributed by atoms with van der Waals surface area (Å²) in [5, 5.41) is 0. The highest BCUT2D eigenvalue weighted by molar-refractivity contribution is 5.64. The molecule has 1 unspecified atom stereocenters. The van der Waals surface area contributed by atoms with Crippen LogP contribution in [0.25, 0.3) is 11.1 Å². The van der Waals surface area contributed by atoms with E-state index in [-0.39, 0.29) is 0 Å². The van der Waals surface area contributed by atoms with E-state index in [0.29, 0.717) is 24.0 Å². The van der Waals surface area contributed by atoms with Gasteiger partial charge in [0.2, 0.25) is 5.95 Å². The van der Waals surface area contributed by atoms with E-state index < -0.39 is 12.1 Å². The number of carbonyl (C=O) groups is 1. The molecule has 0 fully saturated rings. The predicted octanol–water partition coefficient (Wildman–Crippen LogP) is 3.07. The summed E-state index contributed by atoms with van der Waals surface area (Å²) in [6, 6.07) is 10.6. The highest BCUT2D eigenvalue weighted by Crippen LogP contribution is 2.27. The molecular weight excluding hydrogens is 297 g/mol. The Morgan fingerprint density at radius 2 is 2.22 bits per heavy atom. The molecule has 3 rings (SSSR count). The zero-order valence-corrected chi connectivity index (χ0v) is 12.1. The lowest BCUT2D eigenvalue weighted by Crippen LogP contribution is -2.07. The van der Waals surface area contributed by atoms with E-state index in [1.807, 2.05) is 6.07 Å². The number of imidazole rings is 1. The minimum atomic E-state index is -0.536. The maximum absolute atomic E-state index is 13.8. The van der Waals surface area contributed by atoms with Gasteiger partial charge in [0.1, 0.15) is 6.10 Å². The lowest BCUT2D eigenvalue weighted by Gasteiger charge is -2.16. The molecule has 0 aliphatic rings. The molecule has 0 bridgehead atoms. The van der Waals surface area contributed by atoms with Crippen LogP contribution in [0, 0.1) is 5.95 Å². The molecule has 0 saturated heterocycles. The second kappa shape index (κ2) is 6.83. The maximum Gasteiger partial charge on any atom is 0.293 e. The molecule has 5 nitrogen and oxygen atoms in total. The Bertz CT molecular complexity index is 790. The lowest BCUT2D eigenvalue weighted by molar-refractivity contribution is -0.133. The van der Waals surface area contributed by atoms with Gasteiger partial charge < -0.3 is 9.72 Å². The summed E-state index contributed by atoms with van der Waals surface area (Å²) in [6.45, 7) is 0.415. The van der Waals surface area contributed by atoms with Crippen LogP contribution in [0.3, 0.4) is 0 Å². The van der Waals surface area contributed by atoms with Crippen LogP contribution in [-0.2, 0) is 16.0 Å². The monoisotopic (exact) mass is 311 g/mol. The van der Waals surface area contributed by atoms with E-state index in [2.05, 4.69) is 15.0 Å². The van der Waals surface area contributed by atoms with Crippen molar-refractivity contribution in [2.75, 3.05) is 0 Å². The van der Waals surface area contributed by atoms with Crippen molar-refractivity contribution in [3.05, 3.63) is 72.3 Å². The number of aromatic amines is 1. The largest absolute Gasteiger partial charge is 0.459 e. The van der Waals surface area contributed by atoms with Gasteiger partial charge >= 0.3 is 0 Å². The zero-order chi connectivity index (χ0) is 16.1. The van der Waals surface area contributed by atoms with Crippen molar-refractivity contribution >= 4 is 6.47 Å². The summed E-state index contributed by atoms with van der Waals surface area (Å²) in [4.78, 5) is 21.4. The van der Waals surface area contributed by atoms with Crippen LogP contribution in [0.1, 0.15) is 17.4 Å². The molecule has 2 heterocycles. The Morgan fingerprint density at radius 1 is 1.30 bits per heavy atom. The van der Waals surface area contributed by atoms with Gasteiger partial charge in [0.15, 0.2) is 0 Å². The van der Waals surface area contributed by atoms with Gasteiger partial charge in [-0.3, -0.25) is 4.79 Å². The number of rotatable bonds is 6. The number of pyridine rings is 1. The van der Waals surface area contributed by atoms with Crippen LogP contribution >= 0.6 is 0 Å². The fourth-order valence-electron chi connectivity index (χ4n) is 2.42. The smallest absolute Gasteiger partial charge is 0.293 e. The van der Waals surface area contributed by atoms with Gasteiger partial charge in [-0.25, -0.2) is 9.97 Å². The normalized spacial score (nSPS) is 11.9. The molecule has 0 aliphatic carbocycles. The molecule has 3 aromatic rings. The second-order valence-electron chi connectivity index (χ2n) is 4.97. The minimum absolute atomic E-state index is 0.403. The number of benzene rings is 1. The lowest BCUT2D eigenvalue weighted by atomic mass is 9.99. The second-order valence-corrected chi connectivity index (χ2v) is 4.97. The molecule has 0 aliphatic heterocycles. The zero-order valence-electron chi connectivity index (χ0n) is 12.1. The van der Waals surface area contributed by atoms with Crippen LogP contribution in [0.5, 0.6) is 0 Å². The van der Waals surface area contributed by atoms with Gasteiger partial charge in [0.05, 0.1) is 6.33 Å². The van der Waals surface area contributed by atoms with Gasteiger partial charge in [0.25, 0.3) is 6.47 Å². The number of ether oxygens (including phenoxy) is 1. The molecule has 1 N–H and O–H groups in total. The van der Waals surface area contributed by atoms with Crippen molar-refractivity contribution in [3.8, 4) is 11.1 Å². The third kappa shape index (κ3) is 3.42. The quantitative estimate of drug-likeness (QED) is 0.561. The van der Waals surface area contributed by atoms with Crippen LogP contribution in [0.4, 0.5) is 4.39 Å². The van der Waals surface area contributed by atoms with Crippen molar-refractivity contribution in [2.45, 2.75) is 12.5 Å². The molecule has 0 amide bonds. The number of carbonyl (C=O) groups excluding carboxylic acids is 1. The van der Waals surface area contributed by atoms with E-state index in [4.69, 9.17) is 4.74 Å². The molecule has 1 atom stereocenters. The summed E-state index contributed by atoms with van der Waals surface area (Å²) >= 11 is 0. The summed E-state index contributed by atoms with van der Waals surface area (Å²) in [5.74, 6) is -0.536. The summed E-state index contributed by atoms with van der Waals surface area (Å²) in [5.41, 5.74) is 2.69. The molecular formula is C17H14FN3O2. The number of hydrogen-bond donors (Lipinski definition) is 1. The van der Waals surface area contributed by atoms with Crippen LogP contribution < -0.4 is 0 Å². The number of halogens is 1. The van der Waals surface area contributed by atoms with Crippen molar-refractivity contribution in [2.24, 2.45) is 0 Å². The molecule has 0 saturated carbocycles. The third-order valence-corrected chi connectivity index (χ3v) is 3.51. The van der Waals surface area contributed by atoms with E-state index in [1.54, 1.807) is 42.9 Å². The van der Waals surface area contributed by atoms with Gasteiger partial charge in [0, 0.05) is 30.1 Å². The number of H-pyrrole nitrogens is 1. The Labute approximate surface area is 132 Å². The predicted molar refractivity (Wildman–Crippen MR) is 81.8 cm³/mol. The van der Waals surface area contributed by atoms with Crippen LogP contribution in [0.2, 0.25) is 0 Å². The van der Waals surface area contributed by atoms with E-state index in [9.17, 15) is 9.18 Å². The first-order valence-corrected chi connectivity index (χ1v) is 7.05. The highest BCUT2D eigenvalue weighted by Gasteiger charge is 2.16. The van der Waals surface area contributed by atoms with E-state index in [1.165, 1.54) is 6.20 Å².